The van der Waals surface area contributed by atoms with Gasteiger partial charge in [0.15, 0.2) is 0 Å². The highest BCUT2D eigenvalue weighted by atomic mass is 16.6. The van der Waals surface area contributed by atoms with Crippen LogP contribution in [0.1, 0.15) is 40.2 Å². The number of nitrogens with one attached hydrogen (secondary N) is 2. The summed E-state index contributed by atoms with van der Waals surface area (Å²) in [7, 11) is 1.57. The van der Waals surface area contributed by atoms with Crippen molar-refractivity contribution in [2.45, 2.75) is 58.7 Å². The number of esters is 1. The molecule has 1 aromatic rings. The summed E-state index contributed by atoms with van der Waals surface area (Å²) in [6, 6.07) is 7.47. The van der Waals surface area contributed by atoms with E-state index >= 15 is 0 Å². The van der Waals surface area contributed by atoms with Gasteiger partial charge in [-0.15, -0.1) is 0 Å². The molecule has 0 aliphatic heterocycles. The highest BCUT2D eigenvalue weighted by Gasteiger charge is 2.31. The van der Waals surface area contributed by atoms with Crippen LogP contribution in [0.4, 0.5) is 4.79 Å². The number of methoxy groups -OCH3 is 1. The van der Waals surface area contributed by atoms with Crippen LogP contribution in [0.2, 0.25) is 0 Å². The van der Waals surface area contributed by atoms with E-state index < -0.39 is 35.7 Å². The highest BCUT2D eigenvalue weighted by molar-refractivity contribution is 5.90. The van der Waals surface area contributed by atoms with Crippen molar-refractivity contribution in [2.24, 2.45) is 5.92 Å². The van der Waals surface area contributed by atoms with Gasteiger partial charge in [-0.3, -0.25) is 4.79 Å². The lowest BCUT2D eigenvalue weighted by atomic mass is 10.0. The van der Waals surface area contributed by atoms with Gasteiger partial charge in [0.2, 0.25) is 5.91 Å². The van der Waals surface area contributed by atoms with Crippen molar-refractivity contribution in [1.82, 2.24) is 10.6 Å². The zero-order valence-electron chi connectivity index (χ0n) is 20.5. The van der Waals surface area contributed by atoms with Crippen molar-refractivity contribution >= 4 is 18.0 Å². The maximum Gasteiger partial charge on any atom is 0.408 e. The normalized spacial score (nSPS) is 13.2. The number of carbonyl (C=O) groups is 3. The summed E-state index contributed by atoms with van der Waals surface area (Å²) in [6.07, 6.45) is -0.459. The predicted molar refractivity (Wildman–Crippen MR) is 124 cm³/mol. The summed E-state index contributed by atoms with van der Waals surface area (Å²) in [6.45, 7) is 9.91. The summed E-state index contributed by atoms with van der Waals surface area (Å²) in [4.78, 5) is 38.0. The molecule has 0 saturated carbocycles. The molecule has 2 amide bonds. The van der Waals surface area contributed by atoms with Gasteiger partial charge in [0.1, 0.15) is 24.3 Å². The largest absolute Gasteiger partial charge is 0.462 e. The fourth-order valence-electron chi connectivity index (χ4n) is 2.82. The van der Waals surface area contributed by atoms with Crippen LogP contribution in [-0.4, -0.2) is 69.2 Å². The quantitative estimate of drug-likeness (QED) is 0.339. The minimum atomic E-state index is -0.930. The average Bonchev–Trinajstić information content (AvgIpc) is 2.73. The van der Waals surface area contributed by atoms with E-state index in [1.165, 1.54) is 0 Å². The molecule has 0 heterocycles. The van der Waals surface area contributed by atoms with E-state index in [2.05, 4.69) is 10.6 Å². The fraction of sp³-hybridized carbons (Fsp3) is 0.625. The molecule has 0 aliphatic carbocycles. The third-order valence-electron chi connectivity index (χ3n) is 4.41. The first-order valence-electron chi connectivity index (χ1n) is 11.1. The van der Waals surface area contributed by atoms with Gasteiger partial charge in [-0.05, 0) is 32.3 Å². The van der Waals surface area contributed by atoms with Gasteiger partial charge < -0.3 is 29.6 Å². The van der Waals surface area contributed by atoms with E-state index in [0.29, 0.717) is 13.2 Å². The smallest absolute Gasteiger partial charge is 0.408 e. The Morgan fingerprint density at radius 3 is 2.15 bits per heavy atom. The van der Waals surface area contributed by atoms with E-state index in [4.69, 9.17) is 18.9 Å². The van der Waals surface area contributed by atoms with Crippen LogP contribution >= 0.6 is 0 Å². The second-order valence-electron chi connectivity index (χ2n) is 8.89. The topological polar surface area (TPSA) is 112 Å². The summed E-state index contributed by atoms with van der Waals surface area (Å²) in [5.41, 5.74) is 0.157. The number of hydrogen-bond acceptors (Lipinski definition) is 7. The minimum absolute atomic E-state index is 0.0491. The lowest BCUT2D eigenvalue weighted by Crippen LogP contribution is -2.55. The molecule has 0 unspecified atom stereocenters. The second kappa shape index (κ2) is 14.5. The predicted octanol–water partition coefficient (Wildman–Crippen LogP) is 2.47. The Bertz CT molecular complexity index is 732. The molecule has 0 spiro atoms. The Labute approximate surface area is 196 Å². The first-order chi connectivity index (χ1) is 15.5. The maximum atomic E-state index is 13.0. The van der Waals surface area contributed by atoms with Crippen LogP contribution in [0.3, 0.4) is 0 Å². The van der Waals surface area contributed by atoms with E-state index in [1.54, 1.807) is 41.7 Å². The second-order valence-corrected chi connectivity index (χ2v) is 8.89. The number of ether oxygens (including phenoxy) is 4. The summed E-state index contributed by atoms with van der Waals surface area (Å²) >= 11 is 0. The molecule has 0 aliphatic rings. The van der Waals surface area contributed by atoms with Crippen molar-refractivity contribution in [2.75, 3.05) is 33.5 Å². The number of benzene rings is 1. The molecule has 1 aromatic carbocycles. The molecular weight excluding hydrogens is 428 g/mol. The van der Waals surface area contributed by atoms with Crippen LogP contribution in [0.25, 0.3) is 0 Å². The summed E-state index contributed by atoms with van der Waals surface area (Å²) < 4.78 is 20.8. The molecule has 9 nitrogen and oxygen atoms in total. The number of rotatable bonds is 13. The summed E-state index contributed by atoms with van der Waals surface area (Å²) in [5.74, 6) is -1.31. The molecule has 0 radical (unpaired) electrons. The molecule has 9 heteroatoms. The van der Waals surface area contributed by atoms with Crippen molar-refractivity contribution in [3.05, 3.63) is 35.9 Å². The third kappa shape index (κ3) is 12.2. The van der Waals surface area contributed by atoms with Crippen molar-refractivity contribution < 1.29 is 33.3 Å². The molecule has 1 rings (SSSR count). The SMILES string of the molecule is COCCOCCOC(=O)[C@H](Cc1ccccc1)NC(=O)[C@@H](NC(=O)OC(C)(C)C)C(C)C. The average molecular weight is 467 g/mol. The molecule has 33 heavy (non-hydrogen) atoms. The number of carbonyl (C=O) groups excluding carboxylic acids is 3. The zero-order valence-corrected chi connectivity index (χ0v) is 20.5. The molecule has 0 saturated heterocycles. The van der Waals surface area contributed by atoms with Crippen LogP contribution in [0.15, 0.2) is 30.3 Å². The number of hydrogen-bond donors (Lipinski definition) is 2. The van der Waals surface area contributed by atoms with Gasteiger partial charge in [0.05, 0.1) is 19.8 Å². The molecule has 2 N–H and O–H groups in total. The lowest BCUT2D eigenvalue weighted by molar-refractivity contribution is -0.149. The van der Waals surface area contributed by atoms with Gasteiger partial charge in [-0.25, -0.2) is 9.59 Å². The van der Waals surface area contributed by atoms with E-state index in [0.717, 1.165) is 5.56 Å². The molecule has 186 valence electrons. The Kier molecular flexibility index (Phi) is 12.5. The van der Waals surface area contributed by atoms with Crippen molar-refractivity contribution in [1.29, 1.82) is 0 Å². The fourth-order valence-corrected chi connectivity index (χ4v) is 2.82. The minimum Gasteiger partial charge on any atom is -0.462 e. The third-order valence-corrected chi connectivity index (χ3v) is 4.41. The van der Waals surface area contributed by atoms with Crippen molar-refractivity contribution in [3.63, 3.8) is 0 Å². The maximum absolute atomic E-state index is 13.0. The van der Waals surface area contributed by atoms with Crippen LogP contribution in [-0.2, 0) is 35.0 Å². The number of alkyl carbamates (subject to hydrolysis) is 1. The highest BCUT2D eigenvalue weighted by Crippen LogP contribution is 2.10. The molecule has 0 bridgehead atoms. The first kappa shape index (κ1) is 28.4. The van der Waals surface area contributed by atoms with E-state index in [9.17, 15) is 14.4 Å². The van der Waals surface area contributed by atoms with E-state index in [1.807, 2.05) is 30.3 Å². The van der Waals surface area contributed by atoms with Gasteiger partial charge >= 0.3 is 12.1 Å². The summed E-state index contributed by atoms with van der Waals surface area (Å²) in [5, 5.41) is 5.33. The zero-order chi connectivity index (χ0) is 24.9. The molecular formula is C24H38N2O7. The Morgan fingerprint density at radius 2 is 1.58 bits per heavy atom. The molecule has 0 fully saturated rings. The standard InChI is InChI=1S/C24H38N2O7/c1-17(2)20(26-23(29)33-24(3,4)5)21(27)25-19(16-18-10-8-7-9-11-18)22(28)32-15-14-31-13-12-30-6/h7-11,17,19-20H,12-16H2,1-6H3,(H,25,27)(H,26,29)/t19-,20-/m0/s1. The Morgan fingerprint density at radius 1 is 0.939 bits per heavy atom. The Hall–Kier alpha value is -2.65. The van der Waals surface area contributed by atoms with Gasteiger partial charge in [0.25, 0.3) is 0 Å². The Balaban J connectivity index is 2.82. The van der Waals surface area contributed by atoms with Crippen LogP contribution < -0.4 is 10.6 Å². The lowest BCUT2D eigenvalue weighted by Gasteiger charge is -2.27. The first-order valence-corrected chi connectivity index (χ1v) is 11.1. The van der Waals surface area contributed by atoms with Gasteiger partial charge in [0, 0.05) is 13.5 Å². The van der Waals surface area contributed by atoms with Crippen molar-refractivity contribution in [3.8, 4) is 0 Å². The van der Waals surface area contributed by atoms with Gasteiger partial charge in [-0.1, -0.05) is 44.2 Å². The van der Waals surface area contributed by atoms with Crippen LogP contribution in [0.5, 0.6) is 0 Å². The molecule has 2 atom stereocenters. The van der Waals surface area contributed by atoms with Crippen LogP contribution in [0, 0.1) is 5.92 Å². The molecule has 0 aromatic heterocycles. The van der Waals surface area contributed by atoms with E-state index in [-0.39, 0.29) is 25.6 Å². The van der Waals surface area contributed by atoms with Gasteiger partial charge in [-0.2, -0.15) is 0 Å². The number of amides is 2. The monoisotopic (exact) mass is 466 g/mol.